The van der Waals surface area contributed by atoms with E-state index < -0.39 is 6.35 Å². The third kappa shape index (κ3) is 4.28. The van der Waals surface area contributed by atoms with Crippen LogP contribution in [0.1, 0.15) is 28.8 Å². The Kier molecular flexibility index (Phi) is 5.83. The van der Waals surface area contributed by atoms with Crippen molar-refractivity contribution < 1.29 is 9.90 Å². The van der Waals surface area contributed by atoms with E-state index in [1.807, 2.05) is 42.5 Å². The number of carbonyl (C=O) groups is 1. The van der Waals surface area contributed by atoms with Gasteiger partial charge >= 0.3 is 0 Å². The first kappa shape index (κ1) is 19.5. The molecule has 6 nitrogen and oxygen atoms in total. The van der Waals surface area contributed by atoms with Crippen molar-refractivity contribution in [3.05, 3.63) is 66.2 Å². The minimum absolute atomic E-state index is 0.0432. The quantitative estimate of drug-likeness (QED) is 0.705. The summed E-state index contributed by atoms with van der Waals surface area (Å²) in [6.45, 7) is 7.11. The molecule has 0 aromatic heterocycles. The average Bonchev–Trinajstić information content (AvgIpc) is 3.10. The highest BCUT2D eigenvalue weighted by Gasteiger charge is 2.34. The smallest absolute Gasteiger partial charge is 0.251 e. The maximum Gasteiger partial charge on any atom is 0.251 e. The van der Waals surface area contributed by atoms with Gasteiger partial charge in [-0.25, -0.2) is 0 Å². The van der Waals surface area contributed by atoms with Crippen molar-refractivity contribution in [2.45, 2.75) is 25.2 Å². The summed E-state index contributed by atoms with van der Waals surface area (Å²) in [4.78, 5) is 16.7. The monoisotopic (exact) mass is 392 g/mol. The van der Waals surface area contributed by atoms with E-state index in [1.54, 1.807) is 6.08 Å². The number of anilines is 2. The van der Waals surface area contributed by atoms with Gasteiger partial charge in [0.25, 0.3) is 5.91 Å². The Hall–Kier alpha value is -2.83. The van der Waals surface area contributed by atoms with Crippen LogP contribution in [0, 0.1) is 0 Å². The molecular weight excluding hydrogens is 364 g/mol. The van der Waals surface area contributed by atoms with Gasteiger partial charge in [-0.2, -0.15) is 0 Å². The van der Waals surface area contributed by atoms with E-state index in [0.717, 1.165) is 49.4 Å². The fourth-order valence-corrected chi connectivity index (χ4v) is 4.18. The lowest BCUT2D eigenvalue weighted by atomic mass is 10.0. The van der Waals surface area contributed by atoms with Gasteiger partial charge in [0, 0.05) is 37.8 Å². The number of carbonyl (C=O) groups excluding carboxylic acids is 1. The zero-order valence-electron chi connectivity index (χ0n) is 16.6. The molecule has 0 aliphatic carbocycles. The topological polar surface area (TPSA) is 67.8 Å². The second-order valence-electron chi connectivity index (χ2n) is 7.60. The minimum atomic E-state index is -0.657. The van der Waals surface area contributed by atoms with E-state index in [9.17, 15) is 9.90 Å². The summed E-state index contributed by atoms with van der Waals surface area (Å²) in [6.07, 6.45) is 3.09. The van der Waals surface area contributed by atoms with Crippen LogP contribution in [-0.2, 0) is 0 Å². The molecule has 152 valence electrons. The molecule has 0 bridgehead atoms. The molecule has 29 heavy (non-hydrogen) atoms. The molecule has 6 heteroatoms. The van der Waals surface area contributed by atoms with Crippen molar-refractivity contribution in [2.75, 3.05) is 36.4 Å². The molecule has 2 aromatic rings. The van der Waals surface area contributed by atoms with Crippen molar-refractivity contribution in [3.8, 4) is 0 Å². The second-order valence-corrected chi connectivity index (χ2v) is 7.60. The molecule has 1 amide bonds. The van der Waals surface area contributed by atoms with Crippen LogP contribution in [0.15, 0.2) is 55.1 Å². The lowest BCUT2D eigenvalue weighted by Crippen LogP contribution is -2.50. The third-order valence-corrected chi connectivity index (χ3v) is 5.80. The fourth-order valence-electron chi connectivity index (χ4n) is 4.18. The molecule has 2 aliphatic heterocycles. The van der Waals surface area contributed by atoms with Crippen molar-refractivity contribution in [1.82, 2.24) is 10.2 Å². The first-order valence-corrected chi connectivity index (χ1v) is 10.2. The highest BCUT2D eigenvalue weighted by Crippen LogP contribution is 2.37. The number of para-hydroxylation sites is 2. The summed E-state index contributed by atoms with van der Waals surface area (Å²) < 4.78 is 0. The summed E-state index contributed by atoms with van der Waals surface area (Å²) in [5.41, 5.74) is 3.74. The van der Waals surface area contributed by atoms with Crippen LogP contribution in [0.25, 0.3) is 6.08 Å². The van der Waals surface area contributed by atoms with Gasteiger partial charge in [0.1, 0.15) is 0 Å². The van der Waals surface area contributed by atoms with Crippen LogP contribution in [0.5, 0.6) is 0 Å². The molecule has 4 rings (SSSR count). The Morgan fingerprint density at radius 2 is 1.90 bits per heavy atom. The molecule has 2 aromatic carbocycles. The van der Waals surface area contributed by atoms with E-state index in [4.69, 9.17) is 0 Å². The number of hydrogen-bond acceptors (Lipinski definition) is 5. The molecular formula is C23H28N4O2. The second kappa shape index (κ2) is 8.68. The Morgan fingerprint density at radius 1 is 1.17 bits per heavy atom. The predicted octanol–water partition coefficient (Wildman–Crippen LogP) is 2.73. The number of aliphatic hydroxyl groups excluding tert-OH is 1. The first-order chi connectivity index (χ1) is 14.2. The van der Waals surface area contributed by atoms with Crippen LogP contribution in [0.3, 0.4) is 0 Å². The standard InChI is InChI=1S/C23H28N4O2/c1-2-17-7-9-18(10-8-17)22(28)24-13-16-26-14-11-19(12-15-26)27-21-6-4-3-5-20(21)25-23(27)29/h2-10,19,23,25,29H,1,11-16H2,(H,24,28). The molecule has 0 saturated carbocycles. The highest BCUT2D eigenvalue weighted by molar-refractivity contribution is 5.94. The predicted molar refractivity (Wildman–Crippen MR) is 117 cm³/mol. The number of hydrogen-bond donors (Lipinski definition) is 3. The lowest BCUT2D eigenvalue weighted by Gasteiger charge is -2.39. The van der Waals surface area contributed by atoms with Gasteiger partial charge in [-0.3, -0.25) is 4.79 Å². The summed E-state index contributed by atoms with van der Waals surface area (Å²) in [7, 11) is 0. The summed E-state index contributed by atoms with van der Waals surface area (Å²) >= 11 is 0. The third-order valence-electron chi connectivity index (χ3n) is 5.80. The molecule has 0 radical (unpaired) electrons. The SMILES string of the molecule is C=Cc1ccc(C(=O)NCCN2CCC(N3c4ccccc4NC3O)CC2)cc1. The molecule has 1 saturated heterocycles. The number of fused-ring (bicyclic) bond motifs is 1. The largest absolute Gasteiger partial charge is 0.356 e. The number of amides is 1. The van der Waals surface area contributed by atoms with Gasteiger partial charge in [0.15, 0.2) is 0 Å². The number of likely N-dealkylation sites (tertiary alicyclic amines) is 1. The van der Waals surface area contributed by atoms with Crippen LogP contribution < -0.4 is 15.5 Å². The Bertz CT molecular complexity index is 859. The summed E-state index contributed by atoms with van der Waals surface area (Å²) in [5.74, 6) is -0.0432. The molecule has 1 unspecified atom stereocenters. The number of benzene rings is 2. The number of piperidine rings is 1. The number of aliphatic hydroxyl groups is 1. The van der Waals surface area contributed by atoms with Gasteiger partial charge in [-0.05, 0) is 42.7 Å². The first-order valence-electron chi connectivity index (χ1n) is 10.2. The maximum atomic E-state index is 12.3. The Labute approximate surface area is 171 Å². The van der Waals surface area contributed by atoms with E-state index in [1.165, 1.54) is 0 Å². The lowest BCUT2D eigenvalue weighted by molar-refractivity contribution is 0.0944. The van der Waals surface area contributed by atoms with E-state index in [-0.39, 0.29) is 5.91 Å². The van der Waals surface area contributed by atoms with Gasteiger partial charge < -0.3 is 25.5 Å². The number of nitrogens with zero attached hydrogens (tertiary/aromatic N) is 2. The Balaban J connectivity index is 1.23. The van der Waals surface area contributed by atoms with E-state index in [0.29, 0.717) is 18.2 Å². The molecule has 3 N–H and O–H groups in total. The summed E-state index contributed by atoms with van der Waals surface area (Å²) in [5, 5.41) is 16.6. The van der Waals surface area contributed by atoms with Gasteiger partial charge in [-0.1, -0.05) is 36.9 Å². The molecule has 1 atom stereocenters. The van der Waals surface area contributed by atoms with Crippen LogP contribution in [0.4, 0.5) is 11.4 Å². The fraction of sp³-hybridized carbons (Fsp3) is 0.348. The van der Waals surface area contributed by atoms with Crippen LogP contribution >= 0.6 is 0 Å². The minimum Gasteiger partial charge on any atom is -0.356 e. The molecule has 0 spiro atoms. The molecule has 2 heterocycles. The zero-order chi connectivity index (χ0) is 20.2. The average molecular weight is 393 g/mol. The van der Waals surface area contributed by atoms with Crippen molar-refractivity contribution in [1.29, 1.82) is 0 Å². The van der Waals surface area contributed by atoms with Crippen LogP contribution in [-0.4, -0.2) is 54.5 Å². The number of rotatable bonds is 6. The van der Waals surface area contributed by atoms with Crippen molar-refractivity contribution in [3.63, 3.8) is 0 Å². The van der Waals surface area contributed by atoms with Gasteiger partial charge in [0.05, 0.1) is 11.4 Å². The van der Waals surface area contributed by atoms with Crippen molar-refractivity contribution >= 4 is 23.4 Å². The molecule has 2 aliphatic rings. The Morgan fingerprint density at radius 3 is 2.62 bits per heavy atom. The van der Waals surface area contributed by atoms with Crippen molar-refractivity contribution in [2.24, 2.45) is 0 Å². The van der Waals surface area contributed by atoms with Gasteiger partial charge in [0.2, 0.25) is 6.35 Å². The highest BCUT2D eigenvalue weighted by atomic mass is 16.3. The molecule has 1 fully saturated rings. The van der Waals surface area contributed by atoms with E-state index in [2.05, 4.69) is 33.1 Å². The van der Waals surface area contributed by atoms with Crippen LogP contribution in [0.2, 0.25) is 0 Å². The summed E-state index contributed by atoms with van der Waals surface area (Å²) in [6, 6.07) is 15.8. The van der Waals surface area contributed by atoms with E-state index >= 15 is 0 Å². The van der Waals surface area contributed by atoms with Gasteiger partial charge in [-0.15, -0.1) is 0 Å². The number of nitrogens with one attached hydrogen (secondary N) is 2. The zero-order valence-corrected chi connectivity index (χ0v) is 16.6. The normalized spacial score (nSPS) is 19.5. The maximum absolute atomic E-state index is 12.3.